The summed E-state index contributed by atoms with van der Waals surface area (Å²) in [7, 11) is 0. The van der Waals surface area contributed by atoms with Crippen LogP contribution < -0.4 is 5.32 Å². The number of aromatic nitrogens is 2. The first-order valence-corrected chi connectivity index (χ1v) is 12.0. The molecule has 0 spiro atoms. The molecule has 0 aliphatic carbocycles. The Bertz CT molecular complexity index is 1180. The van der Waals surface area contributed by atoms with Crippen LogP contribution in [0.3, 0.4) is 0 Å². The second-order valence-corrected chi connectivity index (χ2v) is 10.1. The van der Waals surface area contributed by atoms with E-state index in [1.165, 1.54) is 28.0 Å². The maximum absolute atomic E-state index is 12.4. The first-order chi connectivity index (χ1) is 14.0. The van der Waals surface area contributed by atoms with Gasteiger partial charge < -0.3 is 5.32 Å². The van der Waals surface area contributed by atoms with Gasteiger partial charge in [0.1, 0.15) is 4.34 Å². The molecule has 148 valence electrons. The molecule has 4 aromatic rings. The molecule has 1 amide bonds. The standard InChI is InChI=1S/C22H21N3OS3/c1-13-7-8-14(2)16(9-13)11-27-22-23-17(12-28-22)10-19(26)24-21-25-20-15(3)5-4-6-18(20)29-21/h4-9,12H,10-11H2,1-3H3,(H,24,25,26). The predicted molar refractivity (Wildman–Crippen MR) is 124 cm³/mol. The van der Waals surface area contributed by atoms with E-state index in [0.717, 1.165) is 31.6 Å². The molecule has 0 saturated heterocycles. The quantitative estimate of drug-likeness (QED) is 0.366. The average Bonchev–Trinajstić information content (AvgIpc) is 3.29. The number of hydrogen-bond acceptors (Lipinski definition) is 6. The fraction of sp³-hybridized carbons (Fsp3) is 0.227. The molecule has 29 heavy (non-hydrogen) atoms. The van der Waals surface area contributed by atoms with Crippen LogP contribution in [0.2, 0.25) is 0 Å². The summed E-state index contributed by atoms with van der Waals surface area (Å²) >= 11 is 4.81. The number of fused-ring (bicyclic) bond motifs is 1. The molecule has 0 aliphatic rings. The zero-order valence-electron chi connectivity index (χ0n) is 16.5. The number of thiazole rings is 2. The summed E-state index contributed by atoms with van der Waals surface area (Å²) in [6.45, 7) is 6.28. The normalized spacial score (nSPS) is 11.1. The Labute approximate surface area is 182 Å². The zero-order chi connectivity index (χ0) is 20.4. The number of aryl methyl sites for hydroxylation is 3. The van der Waals surface area contributed by atoms with Crippen LogP contribution in [0, 0.1) is 20.8 Å². The van der Waals surface area contributed by atoms with E-state index >= 15 is 0 Å². The lowest BCUT2D eigenvalue weighted by Gasteiger charge is -2.05. The lowest BCUT2D eigenvalue weighted by Crippen LogP contribution is -2.14. The Balaban J connectivity index is 1.36. The molecule has 0 radical (unpaired) electrons. The molecular formula is C22H21N3OS3. The van der Waals surface area contributed by atoms with Crippen LogP contribution in [-0.4, -0.2) is 15.9 Å². The van der Waals surface area contributed by atoms with Crippen molar-refractivity contribution in [3.05, 3.63) is 69.7 Å². The number of thioether (sulfide) groups is 1. The molecule has 2 aromatic heterocycles. The Morgan fingerprint density at radius 1 is 1.10 bits per heavy atom. The van der Waals surface area contributed by atoms with Crippen LogP contribution in [0.15, 0.2) is 46.1 Å². The highest BCUT2D eigenvalue weighted by atomic mass is 32.2. The minimum atomic E-state index is -0.0851. The topological polar surface area (TPSA) is 54.9 Å². The molecule has 2 heterocycles. The van der Waals surface area contributed by atoms with Crippen molar-refractivity contribution in [1.29, 1.82) is 0 Å². The molecular weight excluding hydrogens is 418 g/mol. The highest BCUT2D eigenvalue weighted by Gasteiger charge is 2.12. The van der Waals surface area contributed by atoms with Crippen LogP contribution >= 0.6 is 34.4 Å². The Morgan fingerprint density at radius 3 is 2.79 bits per heavy atom. The first kappa shape index (κ1) is 20.1. The summed E-state index contributed by atoms with van der Waals surface area (Å²) in [5, 5.41) is 5.52. The molecule has 0 fully saturated rings. The fourth-order valence-electron chi connectivity index (χ4n) is 3.00. The first-order valence-electron chi connectivity index (χ1n) is 9.27. The predicted octanol–water partition coefficient (Wildman–Crippen LogP) is 6.15. The largest absolute Gasteiger partial charge is 0.302 e. The Morgan fingerprint density at radius 2 is 1.97 bits per heavy atom. The smallest absolute Gasteiger partial charge is 0.232 e. The molecule has 4 nitrogen and oxygen atoms in total. The van der Waals surface area contributed by atoms with Gasteiger partial charge in [0.2, 0.25) is 5.91 Å². The highest BCUT2D eigenvalue weighted by Crippen LogP contribution is 2.29. The van der Waals surface area contributed by atoms with Crippen LogP contribution in [0.4, 0.5) is 5.13 Å². The summed E-state index contributed by atoms with van der Waals surface area (Å²) in [5.74, 6) is 0.802. The minimum Gasteiger partial charge on any atom is -0.302 e. The summed E-state index contributed by atoms with van der Waals surface area (Å²) in [6.07, 6.45) is 0.259. The van der Waals surface area contributed by atoms with E-state index in [0.29, 0.717) is 5.13 Å². The van der Waals surface area contributed by atoms with E-state index in [1.54, 1.807) is 23.1 Å². The van der Waals surface area contributed by atoms with Crippen LogP contribution in [-0.2, 0) is 17.0 Å². The van der Waals surface area contributed by atoms with Gasteiger partial charge >= 0.3 is 0 Å². The summed E-state index contributed by atoms with van der Waals surface area (Å²) in [5.41, 5.74) is 6.76. The number of nitrogens with zero attached hydrogens (tertiary/aromatic N) is 2. The SMILES string of the molecule is Cc1ccc(C)c(CSc2nc(CC(=O)Nc3nc4c(C)cccc4s3)cs2)c1. The van der Waals surface area contributed by atoms with E-state index in [9.17, 15) is 4.79 Å². The second-order valence-electron chi connectivity index (χ2n) is 6.99. The van der Waals surface area contributed by atoms with Gasteiger partial charge in [-0.3, -0.25) is 4.79 Å². The van der Waals surface area contributed by atoms with Gasteiger partial charge in [-0.25, -0.2) is 9.97 Å². The monoisotopic (exact) mass is 439 g/mol. The number of anilines is 1. The number of rotatable bonds is 6. The molecule has 1 N–H and O–H groups in total. The summed E-state index contributed by atoms with van der Waals surface area (Å²) in [4.78, 5) is 21.6. The summed E-state index contributed by atoms with van der Waals surface area (Å²) in [6, 6.07) is 12.6. The molecule has 0 aliphatic heterocycles. The summed E-state index contributed by atoms with van der Waals surface area (Å²) < 4.78 is 2.07. The number of amides is 1. The van der Waals surface area contributed by atoms with Gasteiger partial charge in [-0.1, -0.05) is 59.0 Å². The third-order valence-corrected chi connectivity index (χ3v) is 7.65. The van der Waals surface area contributed by atoms with Crippen molar-refractivity contribution < 1.29 is 4.79 Å². The van der Waals surface area contributed by atoms with Crippen molar-refractivity contribution >= 4 is 55.7 Å². The highest BCUT2D eigenvalue weighted by molar-refractivity contribution is 8.00. The van der Waals surface area contributed by atoms with Gasteiger partial charge in [0.25, 0.3) is 0 Å². The number of nitrogens with one attached hydrogen (secondary N) is 1. The zero-order valence-corrected chi connectivity index (χ0v) is 18.9. The van der Waals surface area contributed by atoms with Gasteiger partial charge in [-0.2, -0.15) is 0 Å². The minimum absolute atomic E-state index is 0.0851. The van der Waals surface area contributed by atoms with Gasteiger partial charge in [0.05, 0.1) is 22.3 Å². The molecule has 0 atom stereocenters. The third kappa shape index (κ3) is 4.86. The number of carbonyl (C=O) groups excluding carboxylic acids is 1. The maximum atomic E-state index is 12.4. The van der Waals surface area contributed by atoms with Gasteiger partial charge in [-0.05, 0) is 43.5 Å². The number of carbonyl (C=O) groups is 1. The molecule has 2 aromatic carbocycles. The van der Waals surface area contributed by atoms with Crippen molar-refractivity contribution in [2.24, 2.45) is 0 Å². The van der Waals surface area contributed by atoms with Crippen LogP contribution in [0.5, 0.6) is 0 Å². The van der Waals surface area contributed by atoms with E-state index in [-0.39, 0.29) is 12.3 Å². The van der Waals surface area contributed by atoms with E-state index in [1.807, 2.05) is 30.5 Å². The van der Waals surface area contributed by atoms with Gasteiger partial charge in [-0.15, -0.1) is 11.3 Å². The third-order valence-electron chi connectivity index (χ3n) is 4.60. The van der Waals surface area contributed by atoms with Crippen LogP contribution in [0.1, 0.15) is 27.9 Å². The van der Waals surface area contributed by atoms with E-state index in [2.05, 4.69) is 47.3 Å². The van der Waals surface area contributed by atoms with E-state index < -0.39 is 0 Å². The maximum Gasteiger partial charge on any atom is 0.232 e. The number of benzene rings is 2. The van der Waals surface area contributed by atoms with Gasteiger partial charge in [0.15, 0.2) is 5.13 Å². The average molecular weight is 440 g/mol. The van der Waals surface area contributed by atoms with E-state index in [4.69, 9.17) is 0 Å². The van der Waals surface area contributed by atoms with Crippen molar-refractivity contribution in [2.45, 2.75) is 37.3 Å². The number of para-hydroxylation sites is 1. The van der Waals surface area contributed by atoms with Crippen LogP contribution in [0.25, 0.3) is 10.2 Å². The van der Waals surface area contributed by atoms with Crippen molar-refractivity contribution in [3.63, 3.8) is 0 Å². The van der Waals surface area contributed by atoms with Gasteiger partial charge in [0, 0.05) is 11.1 Å². The lowest BCUT2D eigenvalue weighted by molar-refractivity contribution is -0.115. The fourth-order valence-corrected chi connectivity index (χ4v) is 5.87. The molecule has 0 unspecified atom stereocenters. The second kappa shape index (κ2) is 8.65. The molecule has 0 bridgehead atoms. The molecule has 7 heteroatoms. The Hall–Kier alpha value is -2.22. The van der Waals surface area contributed by atoms with Crippen molar-refractivity contribution in [2.75, 3.05) is 5.32 Å². The molecule has 4 rings (SSSR count). The van der Waals surface area contributed by atoms with Crippen molar-refractivity contribution in [3.8, 4) is 0 Å². The van der Waals surface area contributed by atoms with Crippen molar-refractivity contribution in [1.82, 2.24) is 9.97 Å². The molecule has 0 saturated carbocycles. The number of hydrogen-bond donors (Lipinski definition) is 1. The lowest BCUT2D eigenvalue weighted by atomic mass is 10.1. The Kier molecular flexibility index (Phi) is 5.99.